The van der Waals surface area contributed by atoms with E-state index in [2.05, 4.69) is 5.32 Å². The Hall–Kier alpha value is -1.52. The van der Waals surface area contributed by atoms with E-state index in [-0.39, 0.29) is 34.4 Å². The number of hydrogen-bond donors (Lipinski definition) is 1. The highest BCUT2D eigenvalue weighted by molar-refractivity contribution is 7.88. The zero-order chi connectivity index (χ0) is 23.7. The molecule has 2 aromatic carbocycles. The third kappa shape index (κ3) is 5.88. The molecule has 32 heavy (non-hydrogen) atoms. The van der Waals surface area contributed by atoms with Crippen LogP contribution in [0.4, 0.5) is 18.9 Å². The number of nitrogens with zero attached hydrogens (tertiary/aromatic N) is 1. The molecule has 5 nitrogen and oxygen atoms in total. The van der Waals surface area contributed by atoms with Crippen molar-refractivity contribution in [2.24, 2.45) is 5.92 Å². The van der Waals surface area contributed by atoms with Crippen molar-refractivity contribution in [3.05, 3.63) is 62.6 Å². The highest BCUT2D eigenvalue weighted by Gasteiger charge is 2.35. The van der Waals surface area contributed by atoms with Crippen LogP contribution in [0.1, 0.15) is 24.0 Å². The van der Waals surface area contributed by atoms with E-state index in [0.29, 0.717) is 12.8 Å². The van der Waals surface area contributed by atoms with Crippen LogP contribution in [0.2, 0.25) is 15.1 Å². The van der Waals surface area contributed by atoms with Crippen LogP contribution in [0.5, 0.6) is 0 Å². The molecule has 1 heterocycles. The van der Waals surface area contributed by atoms with Gasteiger partial charge in [0, 0.05) is 34.4 Å². The Morgan fingerprint density at radius 3 is 2.38 bits per heavy atom. The fraction of sp³-hybridized carbons (Fsp3) is 0.350. The maximum absolute atomic E-state index is 13.0. The Labute approximate surface area is 198 Å². The van der Waals surface area contributed by atoms with Crippen LogP contribution < -0.4 is 5.32 Å². The fourth-order valence-corrected chi connectivity index (χ4v) is 6.00. The lowest BCUT2D eigenvalue weighted by Crippen LogP contribution is -2.44. The second kappa shape index (κ2) is 9.77. The molecule has 0 bridgehead atoms. The fourth-order valence-electron chi connectivity index (χ4n) is 3.42. The van der Waals surface area contributed by atoms with Crippen LogP contribution in [-0.2, 0) is 26.7 Å². The van der Waals surface area contributed by atoms with E-state index in [1.807, 2.05) is 0 Å². The quantitative estimate of drug-likeness (QED) is 0.529. The summed E-state index contributed by atoms with van der Waals surface area (Å²) in [5.74, 6) is -1.73. The monoisotopic (exact) mass is 528 g/mol. The first kappa shape index (κ1) is 25.1. The molecule has 1 atom stereocenters. The van der Waals surface area contributed by atoms with Gasteiger partial charge in [0.1, 0.15) is 0 Å². The summed E-state index contributed by atoms with van der Waals surface area (Å²) >= 11 is 17.8. The summed E-state index contributed by atoms with van der Waals surface area (Å²) in [5.41, 5.74) is -0.876. The number of halogens is 6. The molecule has 0 spiro atoms. The van der Waals surface area contributed by atoms with Crippen LogP contribution in [0.25, 0.3) is 0 Å². The zero-order valence-electron chi connectivity index (χ0n) is 16.4. The molecule has 2 aromatic rings. The largest absolute Gasteiger partial charge is 0.417 e. The van der Waals surface area contributed by atoms with Gasteiger partial charge in [-0.1, -0.05) is 40.9 Å². The van der Waals surface area contributed by atoms with Gasteiger partial charge >= 0.3 is 6.18 Å². The molecule has 1 fully saturated rings. The number of hydrogen-bond acceptors (Lipinski definition) is 3. The maximum Gasteiger partial charge on any atom is 0.417 e. The number of carbonyl (C=O) groups excluding carboxylic acids is 1. The van der Waals surface area contributed by atoms with Gasteiger partial charge in [0.05, 0.1) is 22.3 Å². The molecule has 174 valence electrons. The van der Waals surface area contributed by atoms with E-state index in [0.717, 1.165) is 12.1 Å². The van der Waals surface area contributed by atoms with E-state index in [9.17, 15) is 26.4 Å². The van der Waals surface area contributed by atoms with E-state index in [4.69, 9.17) is 34.8 Å². The molecule has 1 aliphatic rings. The first-order chi connectivity index (χ1) is 14.9. The van der Waals surface area contributed by atoms with Crippen LogP contribution in [0, 0.1) is 5.92 Å². The highest BCUT2D eigenvalue weighted by atomic mass is 35.5. The first-order valence-corrected chi connectivity index (χ1v) is 12.2. The van der Waals surface area contributed by atoms with Gasteiger partial charge in [-0.05, 0) is 43.2 Å². The molecule has 0 aromatic heterocycles. The van der Waals surface area contributed by atoms with Gasteiger partial charge in [-0.15, -0.1) is 0 Å². The predicted molar refractivity (Wildman–Crippen MR) is 118 cm³/mol. The lowest BCUT2D eigenvalue weighted by Gasteiger charge is -2.31. The Morgan fingerprint density at radius 2 is 1.75 bits per heavy atom. The van der Waals surface area contributed by atoms with Crippen molar-refractivity contribution in [3.63, 3.8) is 0 Å². The van der Waals surface area contributed by atoms with Crippen LogP contribution in [0.15, 0.2) is 36.4 Å². The predicted octanol–water partition coefficient (Wildman–Crippen LogP) is 5.85. The SMILES string of the molecule is O=C(Nc1ccc(Cl)c(C(F)(F)F)c1)[C@@H]1CCCN(S(=O)(=O)Cc2c(Cl)cccc2Cl)C1. The van der Waals surface area contributed by atoms with Crippen molar-refractivity contribution in [2.45, 2.75) is 24.8 Å². The van der Waals surface area contributed by atoms with E-state index in [1.54, 1.807) is 6.07 Å². The normalized spacial score (nSPS) is 17.9. The second-order valence-electron chi connectivity index (χ2n) is 7.34. The summed E-state index contributed by atoms with van der Waals surface area (Å²) in [5, 5.41) is 2.38. The topological polar surface area (TPSA) is 66.5 Å². The minimum Gasteiger partial charge on any atom is -0.326 e. The van der Waals surface area contributed by atoms with Gasteiger partial charge in [-0.25, -0.2) is 12.7 Å². The summed E-state index contributed by atoms with van der Waals surface area (Å²) in [4.78, 5) is 12.7. The van der Waals surface area contributed by atoms with E-state index < -0.39 is 44.4 Å². The van der Waals surface area contributed by atoms with Gasteiger partial charge in [-0.2, -0.15) is 13.2 Å². The molecule has 0 saturated carbocycles. The molecule has 0 unspecified atom stereocenters. The molecule has 0 aliphatic carbocycles. The number of amides is 1. The van der Waals surface area contributed by atoms with Gasteiger partial charge in [0.2, 0.25) is 15.9 Å². The number of benzene rings is 2. The number of sulfonamides is 1. The summed E-state index contributed by atoms with van der Waals surface area (Å²) in [6.45, 7) is 0.114. The Kier molecular flexibility index (Phi) is 7.66. The minimum absolute atomic E-state index is 0.0745. The summed E-state index contributed by atoms with van der Waals surface area (Å²) in [6, 6.07) is 7.72. The number of piperidine rings is 1. The zero-order valence-corrected chi connectivity index (χ0v) is 19.5. The van der Waals surface area contributed by atoms with Gasteiger partial charge in [0.25, 0.3) is 0 Å². The number of rotatable bonds is 5. The second-order valence-corrected chi connectivity index (χ2v) is 10.5. The number of alkyl halides is 3. The smallest absolute Gasteiger partial charge is 0.326 e. The van der Waals surface area contributed by atoms with Gasteiger partial charge < -0.3 is 5.32 Å². The molecule has 1 aliphatic heterocycles. The Bertz CT molecular complexity index is 1110. The average molecular weight is 530 g/mol. The summed E-state index contributed by atoms with van der Waals surface area (Å²) in [6.07, 6.45) is -3.86. The number of carbonyl (C=O) groups is 1. The number of nitrogens with one attached hydrogen (secondary N) is 1. The van der Waals surface area contributed by atoms with Crippen LogP contribution in [0.3, 0.4) is 0 Å². The molecule has 12 heteroatoms. The number of anilines is 1. The third-order valence-electron chi connectivity index (χ3n) is 5.08. The standard InChI is InChI=1S/C20H18Cl3F3N2O3S/c21-16-4-1-5-17(22)14(16)11-32(30,31)28-8-2-3-12(10-28)19(29)27-13-6-7-18(23)15(9-13)20(24,25)26/h1,4-7,9,12H,2-3,8,10-11H2,(H,27,29)/t12-/m1/s1. The van der Waals surface area contributed by atoms with Crippen molar-refractivity contribution in [1.82, 2.24) is 4.31 Å². The van der Waals surface area contributed by atoms with Gasteiger partial charge in [0.15, 0.2) is 0 Å². The van der Waals surface area contributed by atoms with E-state index >= 15 is 0 Å². The van der Waals surface area contributed by atoms with Crippen molar-refractivity contribution in [1.29, 1.82) is 0 Å². The van der Waals surface area contributed by atoms with Crippen LogP contribution in [-0.4, -0.2) is 31.7 Å². The maximum atomic E-state index is 13.0. The molecule has 1 N–H and O–H groups in total. The van der Waals surface area contributed by atoms with Crippen molar-refractivity contribution in [2.75, 3.05) is 18.4 Å². The highest BCUT2D eigenvalue weighted by Crippen LogP contribution is 2.36. The molecule has 3 rings (SSSR count). The summed E-state index contributed by atoms with van der Waals surface area (Å²) in [7, 11) is -3.83. The Morgan fingerprint density at radius 1 is 1.09 bits per heavy atom. The van der Waals surface area contributed by atoms with Crippen LogP contribution >= 0.6 is 34.8 Å². The molecule has 0 radical (unpaired) electrons. The molecular weight excluding hydrogens is 512 g/mol. The van der Waals surface area contributed by atoms with Gasteiger partial charge in [-0.3, -0.25) is 4.79 Å². The molecule has 1 amide bonds. The van der Waals surface area contributed by atoms with Crippen molar-refractivity contribution in [3.8, 4) is 0 Å². The first-order valence-electron chi connectivity index (χ1n) is 9.47. The third-order valence-corrected chi connectivity index (χ3v) is 7.89. The Balaban J connectivity index is 1.72. The lowest BCUT2D eigenvalue weighted by molar-refractivity contribution is -0.137. The van der Waals surface area contributed by atoms with E-state index in [1.165, 1.54) is 22.5 Å². The van der Waals surface area contributed by atoms with Crippen molar-refractivity contribution < 1.29 is 26.4 Å². The average Bonchev–Trinajstić information content (AvgIpc) is 2.71. The van der Waals surface area contributed by atoms with Crippen molar-refractivity contribution >= 4 is 56.4 Å². The lowest BCUT2D eigenvalue weighted by atomic mass is 9.98. The summed E-state index contributed by atoms with van der Waals surface area (Å²) < 4.78 is 66.2. The molecular formula is C20H18Cl3F3N2O3S. The minimum atomic E-state index is -4.67. The molecule has 1 saturated heterocycles.